The van der Waals surface area contributed by atoms with Crippen molar-refractivity contribution in [3.8, 4) is 5.75 Å². The Morgan fingerprint density at radius 1 is 1.57 bits per heavy atom. The van der Waals surface area contributed by atoms with Crippen molar-refractivity contribution in [3.63, 3.8) is 0 Å². The number of nitrogens with one attached hydrogen (secondary N) is 2. The zero-order valence-corrected chi connectivity index (χ0v) is 13.9. The molecule has 1 saturated heterocycles. The average molecular weight is 329 g/mol. The molecule has 0 spiro atoms. The van der Waals surface area contributed by atoms with Gasteiger partial charge in [-0.05, 0) is 32.0 Å². The predicted octanol–water partition coefficient (Wildman–Crippen LogP) is 3.16. The van der Waals surface area contributed by atoms with Crippen molar-refractivity contribution in [1.29, 1.82) is 0 Å². The van der Waals surface area contributed by atoms with Crippen LogP contribution in [0.15, 0.2) is 18.2 Å². The van der Waals surface area contributed by atoms with Crippen LogP contribution in [-0.4, -0.2) is 36.1 Å². The van der Waals surface area contributed by atoms with Crippen LogP contribution in [-0.2, 0) is 4.79 Å². The lowest BCUT2D eigenvalue weighted by Gasteiger charge is -2.22. The molecule has 6 heteroatoms. The lowest BCUT2D eigenvalue weighted by molar-refractivity contribution is -0.116. The van der Waals surface area contributed by atoms with E-state index in [0.29, 0.717) is 22.9 Å². The summed E-state index contributed by atoms with van der Waals surface area (Å²) >= 11 is 8.04. The van der Waals surface area contributed by atoms with Gasteiger partial charge in [0.15, 0.2) is 0 Å². The molecule has 116 valence electrons. The number of ether oxygens (including phenoxy) is 1. The number of rotatable bonds is 5. The first-order chi connectivity index (χ1) is 10.0. The molecule has 4 nitrogen and oxygen atoms in total. The third kappa shape index (κ3) is 5.41. The number of carbonyl (C=O) groups excluding carboxylic acids is 1. The Morgan fingerprint density at radius 3 is 3.00 bits per heavy atom. The summed E-state index contributed by atoms with van der Waals surface area (Å²) in [6.07, 6.45) is 0.548. The Hall–Kier alpha value is -0.910. The Bertz CT molecular complexity index is 491. The van der Waals surface area contributed by atoms with Crippen LogP contribution < -0.4 is 15.4 Å². The van der Waals surface area contributed by atoms with Gasteiger partial charge >= 0.3 is 0 Å². The molecule has 1 aliphatic heterocycles. The fourth-order valence-electron chi connectivity index (χ4n) is 2.11. The third-order valence-electron chi connectivity index (χ3n) is 3.01. The van der Waals surface area contributed by atoms with Crippen molar-refractivity contribution in [2.45, 2.75) is 32.4 Å². The highest BCUT2D eigenvalue weighted by Crippen LogP contribution is 2.28. The monoisotopic (exact) mass is 328 g/mol. The highest BCUT2D eigenvalue weighted by Gasteiger charge is 2.17. The predicted molar refractivity (Wildman–Crippen MR) is 89.6 cm³/mol. The number of hydrogen-bond donors (Lipinski definition) is 2. The molecule has 1 aromatic rings. The molecule has 0 radical (unpaired) electrons. The Kier molecular flexibility index (Phi) is 6.21. The highest BCUT2D eigenvalue weighted by atomic mass is 35.5. The highest BCUT2D eigenvalue weighted by molar-refractivity contribution is 7.99. The summed E-state index contributed by atoms with van der Waals surface area (Å²) in [7, 11) is 0. The first-order valence-corrected chi connectivity index (χ1v) is 8.65. The molecule has 21 heavy (non-hydrogen) atoms. The number of benzene rings is 1. The average Bonchev–Trinajstić information content (AvgIpc) is 2.42. The third-order valence-corrected chi connectivity index (χ3v) is 4.43. The number of amides is 1. The molecule has 0 aliphatic carbocycles. The van der Waals surface area contributed by atoms with Crippen LogP contribution in [0, 0.1) is 0 Å². The second-order valence-corrected chi connectivity index (χ2v) is 6.85. The molecular formula is C15H21ClN2O2S. The van der Waals surface area contributed by atoms with Crippen molar-refractivity contribution < 1.29 is 9.53 Å². The quantitative estimate of drug-likeness (QED) is 0.871. The molecule has 2 N–H and O–H groups in total. The van der Waals surface area contributed by atoms with Crippen molar-refractivity contribution in [2.75, 3.05) is 23.4 Å². The van der Waals surface area contributed by atoms with Crippen LogP contribution in [0.25, 0.3) is 0 Å². The van der Waals surface area contributed by atoms with Gasteiger partial charge in [0.05, 0.1) is 11.1 Å². The number of anilines is 1. The Morgan fingerprint density at radius 2 is 2.38 bits per heavy atom. The Labute approximate surface area is 135 Å². The maximum atomic E-state index is 12.0. The normalized spacial score (nSPS) is 18.6. The summed E-state index contributed by atoms with van der Waals surface area (Å²) in [6.45, 7) is 4.86. The van der Waals surface area contributed by atoms with Gasteiger partial charge in [-0.3, -0.25) is 4.79 Å². The summed E-state index contributed by atoms with van der Waals surface area (Å²) < 4.78 is 5.57. The molecule has 1 amide bonds. The summed E-state index contributed by atoms with van der Waals surface area (Å²) in [5.74, 6) is 2.74. The maximum Gasteiger partial charge on any atom is 0.225 e. The number of thioether (sulfide) groups is 1. The minimum absolute atomic E-state index is 0.00333. The van der Waals surface area contributed by atoms with Gasteiger partial charge in [-0.1, -0.05) is 11.6 Å². The second-order valence-electron chi connectivity index (χ2n) is 5.29. The van der Waals surface area contributed by atoms with E-state index in [1.54, 1.807) is 12.1 Å². The van der Waals surface area contributed by atoms with E-state index in [1.807, 2.05) is 31.7 Å². The number of hydrogen-bond acceptors (Lipinski definition) is 4. The fourth-order valence-corrected chi connectivity index (χ4v) is 3.29. The van der Waals surface area contributed by atoms with Gasteiger partial charge in [0.2, 0.25) is 5.91 Å². The molecule has 1 unspecified atom stereocenters. The lowest BCUT2D eigenvalue weighted by atomic mass is 10.2. The van der Waals surface area contributed by atoms with Gasteiger partial charge in [-0.2, -0.15) is 11.8 Å². The van der Waals surface area contributed by atoms with E-state index in [0.717, 1.165) is 18.1 Å². The van der Waals surface area contributed by atoms with Crippen LogP contribution >= 0.6 is 23.4 Å². The zero-order chi connectivity index (χ0) is 15.2. The van der Waals surface area contributed by atoms with Gasteiger partial charge in [-0.15, -0.1) is 0 Å². The number of carbonyl (C=O) groups is 1. The van der Waals surface area contributed by atoms with Crippen molar-refractivity contribution in [2.24, 2.45) is 0 Å². The molecular weight excluding hydrogens is 308 g/mol. The SMILES string of the molecule is CC(C)Oc1ccc(NC(=O)CC2CSCCN2)cc1Cl. The van der Waals surface area contributed by atoms with E-state index in [1.165, 1.54) is 0 Å². The summed E-state index contributed by atoms with van der Waals surface area (Å²) in [6, 6.07) is 5.57. The topological polar surface area (TPSA) is 50.4 Å². The van der Waals surface area contributed by atoms with Gasteiger partial charge in [0, 0.05) is 36.2 Å². The lowest BCUT2D eigenvalue weighted by Crippen LogP contribution is -2.39. The van der Waals surface area contributed by atoms with E-state index in [9.17, 15) is 4.79 Å². The van der Waals surface area contributed by atoms with E-state index in [-0.39, 0.29) is 18.1 Å². The Balaban J connectivity index is 1.89. The number of halogens is 1. The molecule has 1 fully saturated rings. The summed E-state index contributed by atoms with van der Waals surface area (Å²) in [4.78, 5) is 12.0. The van der Waals surface area contributed by atoms with Crippen molar-refractivity contribution in [3.05, 3.63) is 23.2 Å². The van der Waals surface area contributed by atoms with Gasteiger partial charge in [0.25, 0.3) is 0 Å². The first-order valence-electron chi connectivity index (χ1n) is 7.12. The van der Waals surface area contributed by atoms with Crippen LogP contribution in [0.4, 0.5) is 5.69 Å². The first kappa shape index (κ1) is 16.5. The largest absolute Gasteiger partial charge is 0.489 e. The summed E-state index contributed by atoms with van der Waals surface area (Å²) in [5.41, 5.74) is 0.699. The molecule has 0 saturated carbocycles. The summed E-state index contributed by atoms with van der Waals surface area (Å²) in [5, 5.41) is 6.74. The van der Waals surface area contributed by atoms with E-state index < -0.39 is 0 Å². The molecule has 2 rings (SSSR count). The molecule has 0 bridgehead atoms. The van der Waals surface area contributed by atoms with E-state index in [4.69, 9.17) is 16.3 Å². The van der Waals surface area contributed by atoms with Crippen molar-refractivity contribution >= 4 is 35.0 Å². The molecule has 1 aromatic carbocycles. The minimum Gasteiger partial charge on any atom is -0.489 e. The smallest absolute Gasteiger partial charge is 0.225 e. The standard InChI is InChI=1S/C15H21ClN2O2S/c1-10(2)20-14-4-3-11(7-13(14)16)18-15(19)8-12-9-21-6-5-17-12/h3-4,7,10,12,17H,5-6,8-9H2,1-2H3,(H,18,19). The molecule has 1 aliphatic rings. The maximum absolute atomic E-state index is 12.0. The van der Waals surface area contributed by atoms with Crippen LogP contribution in [0.3, 0.4) is 0 Å². The minimum atomic E-state index is 0.00333. The van der Waals surface area contributed by atoms with Gasteiger partial charge in [-0.25, -0.2) is 0 Å². The van der Waals surface area contributed by atoms with E-state index >= 15 is 0 Å². The van der Waals surface area contributed by atoms with E-state index in [2.05, 4.69) is 10.6 Å². The molecule has 1 atom stereocenters. The molecule has 0 aromatic heterocycles. The van der Waals surface area contributed by atoms with Crippen LogP contribution in [0.5, 0.6) is 5.75 Å². The fraction of sp³-hybridized carbons (Fsp3) is 0.533. The molecule has 1 heterocycles. The van der Waals surface area contributed by atoms with Gasteiger partial charge < -0.3 is 15.4 Å². The second kappa shape index (κ2) is 7.92. The van der Waals surface area contributed by atoms with Gasteiger partial charge in [0.1, 0.15) is 5.75 Å². The van der Waals surface area contributed by atoms with Crippen molar-refractivity contribution in [1.82, 2.24) is 5.32 Å². The zero-order valence-electron chi connectivity index (χ0n) is 12.3. The van der Waals surface area contributed by atoms with Crippen LogP contribution in [0.1, 0.15) is 20.3 Å². The van der Waals surface area contributed by atoms with Crippen LogP contribution in [0.2, 0.25) is 5.02 Å².